The molecular formula is C22H20N2OS. The Morgan fingerprint density at radius 2 is 1.73 bits per heavy atom. The van der Waals surface area contributed by atoms with Crippen LogP contribution in [0.3, 0.4) is 0 Å². The average molecular weight is 360 g/mol. The standard InChI is InChI=1S/C22H20N2OS/c1-15-20(16(2)25)21(18-11-7-4-8-12-18)19(13-23)22(24-15)26-14-17-9-5-3-6-10-17/h3-12,20-21H,14H2,1-2H3/t20?,21-/m1/s1. The lowest BCUT2D eigenvalue weighted by atomic mass is 9.75. The zero-order valence-electron chi connectivity index (χ0n) is 14.8. The van der Waals surface area contributed by atoms with Crippen LogP contribution in [0.15, 0.2) is 76.3 Å². The zero-order chi connectivity index (χ0) is 18.5. The van der Waals surface area contributed by atoms with Gasteiger partial charge in [0.15, 0.2) is 0 Å². The van der Waals surface area contributed by atoms with Gasteiger partial charge in [-0.3, -0.25) is 4.79 Å². The van der Waals surface area contributed by atoms with Gasteiger partial charge < -0.3 is 0 Å². The maximum atomic E-state index is 12.3. The van der Waals surface area contributed by atoms with Crippen molar-refractivity contribution >= 4 is 23.3 Å². The van der Waals surface area contributed by atoms with Gasteiger partial charge >= 0.3 is 0 Å². The number of carbonyl (C=O) groups excluding carboxylic acids is 1. The van der Waals surface area contributed by atoms with Crippen molar-refractivity contribution in [3.05, 3.63) is 82.4 Å². The third-order valence-corrected chi connectivity index (χ3v) is 5.60. The maximum absolute atomic E-state index is 12.3. The second kappa shape index (κ2) is 8.16. The van der Waals surface area contributed by atoms with Crippen LogP contribution in [0.1, 0.15) is 30.9 Å². The van der Waals surface area contributed by atoms with E-state index in [4.69, 9.17) is 0 Å². The molecule has 0 amide bonds. The van der Waals surface area contributed by atoms with E-state index in [0.717, 1.165) is 22.1 Å². The van der Waals surface area contributed by atoms with Crippen LogP contribution in [0.25, 0.3) is 0 Å². The summed E-state index contributed by atoms with van der Waals surface area (Å²) in [5.74, 6) is 0.132. The minimum Gasteiger partial charge on any atom is -0.299 e. The Labute approximate surface area is 158 Å². The first kappa shape index (κ1) is 18.2. The van der Waals surface area contributed by atoms with Crippen LogP contribution in [-0.4, -0.2) is 11.5 Å². The van der Waals surface area contributed by atoms with Crippen molar-refractivity contribution in [2.24, 2.45) is 10.9 Å². The Morgan fingerprint density at radius 3 is 2.31 bits per heavy atom. The molecule has 0 fully saturated rings. The molecule has 0 saturated carbocycles. The molecule has 3 nitrogen and oxygen atoms in total. The zero-order valence-corrected chi connectivity index (χ0v) is 15.7. The predicted octanol–water partition coefficient (Wildman–Crippen LogP) is 5.12. The summed E-state index contributed by atoms with van der Waals surface area (Å²) in [5, 5.41) is 10.6. The van der Waals surface area contributed by atoms with Crippen molar-refractivity contribution in [3.8, 4) is 6.07 Å². The Hall–Kier alpha value is -2.64. The van der Waals surface area contributed by atoms with Gasteiger partial charge in [0.25, 0.3) is 0 Å². The summed E-state index contributed by atoms with van der Waals surface area (Å²) in [5.41, 5.74) is 3.53. The Bertz CT molecular complexity index is 895. The van der Waals surface area contributed by atoms with E-state index in [2.05, 4.69) is 23.2 Å². The fourth-order valence-electron chi connectivity index (χ4n) is 3.33. The van der Waals surface area contributed by atoms with E-state index in [1.807, 2.05) is 55.5 Å². The highest BCUT2D eigenvalue weighted by Crippen LogP contribution is 2.42. The molecule has 1 unspecified atom stereocenters. The van der Waals surface area contributed by atoms with Gasteiger partial charge in [-0.25, -0.2) is 4.99 Å². The van der Waals surface area contributed by atoms with Crippen molar-refractivity contribution in [2.75, 3.05) is 0 Å². The molecular weight excluding hydrogens is 340 g/mol. The maximum Gasteiger partial charge on any atom is 0.139 e. The molecule has 2 aromatic rings. The molecule has 1 aliphatic rings. The Morgan fingerprint density at radius 1 is 1.12 bits per heavy atom. The molecule has 0 aromatic heterocycles. The first-order chi connectivity index (χ1) is 12.6. The van der Waals surface area contributed by atoms with Crippen molar-refractivity contribution in [3.63, 3.8) is 0 Å². The van der Waals surface area contributed by atoms with Gasteiger partial charge in [0.05, 0.1) is 17.6 Å². The van der Waals surface area contributed by atoms with Crippen LogP contribution >= 0.6 is 11.8 Å². The highest BCUT2D eigenvalue weighted by atomic mass is 32.2. The number of carbonyl (C=O) groups is 1. The summed E-state index contributed by atoms with van der Waals surface area (Å²) < 4.78 is 0. The Balaban J connectivity index is 2.01. The van der Waals surface area contributed by atoms with E-state index in [1.165, 1.54) is 5.56 Å². The number of hydrogen-bond acceptors (Lipinski definition) is 4. The van der Waals surface area contributed by atoms with Crippen LogP contribution in [0.5, 0.6) is 0 Å². The number of benzene rings is 2. The number of allylic oxidation sites excluding steroid dienone is 1. The average Bonchev–Trinajstić information content (AvgIpc) is 2.67. The molecule has 26 heavy (non-hydrogen) atoms. The molecule has 2 atom stereocenters. The van der Waals surface area contributed by atoms with E-state index < -0.39 is 0 Å². The quantitative estimate of drug-likeness (QED) is 0.744. The fourth-order valence-corrected chi connectivity index (χ4v) is 4.37. The van der Waals surface area contributed by atoms with E-state index in [9.17, 15) is 10.1 Å². The summed E-state index contributed by atoms with van der Waals surface area (Å²) in [6, 6.07) is 22.3. The van der Waals surface area contributed by atoms with Crippen LogP contribution in [-0.2, 0) is 10.5 Å². The third kappa shape index (κ3) is 3.79. The molecule has 0 radical (unpaired) electrons. The number of aliphatic imine (C=N–C) groups is 1. The lowest BCUT2D eigenvalue weighted by Gasteiger charge is -2.30. The SMILES string of the molecule is CC(=O)C1C(C)=NC(SCc2ccccc2)=C(C#N)[C@H]1c1ccccc1. The van der Waals surface area contributed by atoms with Gasteiger partial charge in [0, 0.05) is 17.4 Å². The minimum atomic E-state index is -0.381. The van der Waals surface area contributed by atoms with E-state index in [0.29, 0.717) is 5.57 Å². The van der Waals surface area contributed by atoms with Crippen LogP contribution in [0.2, 0.25) is 0 Å². The van der Waals surface area contributed by atoms with Gasteiger partial charge in [-0.05, 0) is 25.0 Å². The number of thioether (sulfide) groups is 1. The summed E-state index contributed by atoms with van der Waals surface area (Å²) >= 11 is 1.56. The van der Waals surface area contributed by atoms with Gasteiger partial charge in [0.1, 0.15) is 10.8 Å². The van der Waals surface area contributed by atoms with Crippen molar-refractivity contribution < 1.29 is 4.79 Å². The van der Waals surface area contributed by atoms with Crippen LogP contribution < -0.4 is 0 Å². The number of rotatable bonds is 5. The first-order valence-corrected chi connectivity index (χ1v) is 9.52. The molecule has 0 saturated heterocycles. The molecule has 130 valence electrons. The summed E-state index contributed by atoms with van der Waals surface area (Å²) in [7, 11) is 0. The summed E-state index contributed by atoms with van der Waals surface area (Å²) in [4.78, 5) is 17.0. The van der Waals surface area contributed by atoms with Gasteiger partial charge in [0.2, 0.25) is 0 Å². The molecule has 4 heteroatoms. The predicted molar refractivity (Wildman–Crippen MR) is 107 cm³/mol. The third-order valence-electron chi connectivity index (χ3n) is 4.54. The van der Waals surface area contributed by atoms with E-state index in [1.54, 1.807) is 18.7 Å². The van der Waals surface area contributed by atoms with Gasteiger partial charge in [-0.2, -0.15) is 5.26 Å². The van der Waals surface area contributed by atoms with Crippen LogP contribution in [0, 0.1) is 17.2 Å². The Kier molecular flexibility index (Phi) is 5.70. The number of ketones is 1. The van der Waals surface area contributed by atoms with Crippen molar-refractivity contribution in [1.29, 1.82) is 5.26 Å². The lowest BCUT2D eigenvalue weighted by Crippen LogP contribution is -2.31. The second-order valence-electron chi connectivity index (χ2n) is 6.33. The second-order valence-corrected chi connectivity index (χ2v) is 7.30. The molecule has 0 aliphatic carbocycles. The molecule has 0 spiro atoms. The fraction of sp³-hybridized carbons (Fsp3) is 0.227. The normalized spacial score (nSPS) is 19.7. The summed E-state index contributed by atoms with van der Waals surface area (Å²) in [6.07, 6.45) is 0. The molecule has 3 rings (SSSR count). The number of Topliss-reactive ketones (excluding diaryl/α,β-unsaturated/α-hetero) is 1. The van der Waals surface area contributed by atoms with E-state index in [-0.39, 0.29) is 17.6 Å². The molecule has 0 bridgehead atoms. The first-order valence-electron chi connectivity index (χ1n) is 8.53. The van der Waals surface area contributed by atoms with Crippen LogP contribution in [0.4, 0.5) is 0 Å². The smallest absolute Gasteiger partial charge is 0.139 e. The van der Waals surface area contributed by atoms with Crippen molar-refractivity contribution in [1.82, 2.24) is 0 Å². The highest BCUT2D eigenvalue weighted by molar-refractivity contribution is 8.02. The number of nitriles is 1. The van der Waals surface area contributed by atoms with Gasteiger partial charge in [-0.15, -0.1) is 11.8 Å². The molecule has 2 aromatic carbocycles. The number of hydrogen-bond donors (Lipinski definition) is 0. The highest BCUT2D eigenvalue weighted by Gasteiger charge is 2.37. The topological polar surface area (TPSA) is 53.2 Å². The lowest BCUT2D eigenvalue weighted by molar-refractivity contribution is -0.119. The molecule has 1 heterocycles. The monoisotopic (exact) mass is 360 g/mol. The minimum absolute atomic E-state index is 0.0416. The molecule has 0 N–H and O–H groups in total. The van der Waals surface area contributed by atoms with Crippen molar-refractivity contribution in [2.45, 2.75) is 25.5 Å². The summed E-state index contributed by atoms with van der Waals surface area (Å²) in [6.45, 7) is 3.47. The number of nitrogens with zero attached hydrogens (tertiary/aromatic N) is 2. The molecule has 1 aliphatic heterocycles. The van der Waals surface area contributed by atoms with Gasteiger partial charge in [-0.1, -0.05) is 60.7 Å². The van der Waals surface area contributed by atoms with E-state index >= 15 is 0 Å². The largest absolute Gasteiger partial charge is 0.299 e.